The van der Waals surface area contributed by atoms with E-state index in [0.29, 0.717) is 5.75 Å². The Kier molecular flexibility index (Phi) is 4.74. The van der Waals surface area contributed by atoms with Gasteiger partial charge in [-0.25, -0.2) is 4.79 Å². The zero-order chi connectivity index (χ0) is 7.98. The molecular weight excluding hydrogens is 154 g/mol. The van der Waals surface area contributed by atoms with E-state index in [4.69, 9.17) is 5.11 Å². The van der Waals surface area contributed by atoms with Gasteiger partial charge in [0.05, 0.1) is 0 Å². The van der Waals surface area contributed by atoms with Gasteiger partial charge in [0.15, 0.2) is 5.71 Å². The van der Waals surface area contributed by atoms with Crippen molar-refractivity contribution in [1.82, 2.24) is 0 Å². The number of thioether (sulfide) groups is 1. The summed E-state index contributed by atoms with van der Waals surface area (Å²) in [7, 11) is 1.32. The zero-order valence-corrected chi connectivity index (χ0v) is 6.64. The Hall–Kier alpha value is -0.710. The Morgan fingerprint density at radius 2 is 2.40 bits per heavy atom. The number of aliphatic carboxylic acids is 1. The first-order chi connectivity index (χ1) is 4.72. The minimum atomic E-state index is -1.03. The molecule has 0 heterocycles. The van der Waals surface area contributed by atoms with Crippen molar-refractivity contribution in [3.63, 3.8) is 0 Å². The summed E-state index contributed by atoms with van der Waals surface area (Å²) in [5.74, 6) is -0.667. The second-order valence-electron chi connectivity index (χ2n) is 1.46. The van der Waals surface area contributed by atoms with Crippen LogP contribution in [0.5, 0.6) is 0 Å². The van der Waals surface area contributed by atoms with Crippen LogP contribution in [0.1, 0.15) is 0 Å². The Balaban J connectivity index is 3.98. The highest BCUT2D eigenvalue weighted by Crippen LogP contribution is 1.94. The number of hydrogen-bond acceptors (Lipinski definition) is 4. The van der Waals surface area contributed by atoms with Crippen LogP contribution in [0.25, 0.3) is 0 Å². The molecule has 0 fully saturated rings. The predicted octanol–water partition coefficient (Wildman–Crippen LogP) is 0.436. The molecule has 0 aliphatic rings. The Labute approximate surface area is 63.2 Å². The average molecular weight is 163 g/mol. The van der Waals surface area contributed by atoms with Gasteiger partial charge >= 0.3 is 5.97 Å². The lowest BCUT2D eigenvalue weighted by atomic mass is 10.4. The van der Waals surface area contributed by atoms with E-state index in [2.05, 4.69) is 9.99 Å². The number of carboxylic acid groups (broad SMARTS) is 1. The molecule has 5 heteroatoms. The molecule has 0 spiro atoms. The van der Waals surface area contributed by atoms with Crippen LogP contribution < -0.4 is 0 Å². The second kappa shape index (κ2) is 5.10. The molecule has 0 bridgehead atoms. The lowest BCUT2D eigenvalue weighted by molar-refractivity contribution is -0.129. The highest BCUT2D eigenvalue weighted by Gasteiger charge is 2.07. The Morgan fingerprint density at radius 3 is 2.70 bits per heavy atom. The molecular formula is C5H9NO3S. The van der Waals surface area contributed by atoms with E-state index in [0.717, 1.165) is 0 Å². The standard InChI is InChI=1S/C5H9NO3S/c1-9-6-4(3-10-2)5(7)8/h3H2,1-2H3,(H,7,8)/b6-4-. The number of carbonyl (C=O) groups is 1. The van der Waals surface area contributed by atoms with Crippen molar-refractivity contribution < 1.29 is 14.7 Å². The van der Waals surface area contributed by atoms with Gasteiger partial charge in [0.25, 0.3) is 0 Å². The molecule has 10 heavy (non-hydrogen) atoms. The van der Waals surface area contributed by atoms with Gasteiger partial charge in [-0.05, 0) is 6.26 Å². The van der Waals surface area contributed by atoms with Gasteiger partial charge in [0, 0.05) is 5.75 Å². The fourth-order valence-electron chi connectivity index (χ4n) is 0.374. The zero-order valence-electron chi connectivity index (χ0n) is 5.83. The van der Waals surface area contributed by atoms with E-state index in [1.165, 1.54) is 18.9 Å². The maximum atomic E-state index is 10.3. The van der Waals surface area contributed by atoms with Crippen molar-refractivity contribution in [2.24, 2.45) is 5.16 Å². The summed E-state index contributed by atoms with van der Waals surface area (Å²) in [6, 6.07) is 0. The maximum absolute atomic E-state index is 10.3. The Morgan fingerprint density at radius 1 is 1.80 bits per heavy atom. The smallest absolute Gasteiger partial charge is 0.354 e. The molecule has 0 saturated carbocycles. The summed E-state index contributed by atoms with van der Waals surface area (Å²) in [6.07, 6.45) is 1.80. The quantitative estimate of drug-likeness (QED) is 0.482. The van der Waals surface area contributed by atoms with Gasteiger partial charge in [-0.15, -0.1) is 0 Å². The molecule has 0 atom stereocenters. The largest absolute Gasteiger partial charge is 0.477 e. The third kappa shape index (κ3) is 3.34. The van der Waals surface area contributed by atoms with Gasteiger partial charge in [0.2, 0.25) is 0 Å². The molecule has 0 aromatic heterocycles. The lowest BCUT2D eigenvalue weighted by Gasteiger charge is -1.95. The van der Waals surface area contributed by atoms with Crippen molar-refractivity contribution in [2.45, 2.75) is 0 Å². The lowest BCUT2D eigenvalue weighted by Crippen LogP contribution is -2.15. The van der Waals surface area contributed by atoms with Gasteiger partial charge < -0.3 is 9.94 Å². The van der Waals surface area contributed by atoms with Crippen LogP contribution in [-0.4, -0.2) is 35.9 Å². The highest BCUT2D eigenvalue weighted by molar-refractivity contribution is 7.99. The first-order valence-electron chi connectivity index (χ1n) is 2.54. The normalized spacial score (nSPS) is 11.2. The summed E-state index contributed by atoms with van der Waals surface area (Å²) in [5.41, 5.74) is 0.0370. The fourth-order valence-corrected chi connectivity index (χ4v) is 0.824. The number of carboxylic acids is 1. The van der Waals surface area contributed by atoms with Crippen LogP contribution in [0.3, 0.4) is 0 Å². The molecule has 0 rings (SSSR count). The van der Waals surface area contributed by atoms with E-state index < -0.39 is 5.97 Å². The minimum Gasteiger partial charge on any atom is -0.477 e. The molecule has 0 aromatic carbocycles. The summed E-state index contributed by atoms with van der Waals surface area (Å²) in [6.45, 7) is 0. The molecule has 0 saturated heterocycles. The van der Waals surface area contributed by atoms with Crippen molar-refractivity contribution in [3.8, 4) is 0 Å². The average Bonchev–Trinajstić information content (AvgIpc) is 1.87. The summed E-state index contributed by atoms with van der Waals surface area (Å²) in [4.78, 5) is 14.6. The van der Waals surface area contributed by atoms with Crippen molar-refractivity contribution in [3.05, 3.63) is 0 Å². The first kappa shape index (κ1) is 9.29. The predicted molar refractivity (Wildman–Crippen MR) is 40.5 cm³/mol. The molecule has 4 nitrogen and oxygen atoms in total. The van der Waals surface area contributed by atoms with Crippen LogP contribution in [0.15, 0.2) is 5.16 Å². The van der Waals surface area contributed by atoms with Crippen LogP contribution in [0, 0.1) is 0 Å². The fraction of sp³-hybridized carbons (Fsp3) is 0.600. The van der Waals surface area contributed by atoms with Crippen LogP contribution in [0.2, 0.25) is 0 Å². The number of nitrogens with zero attached hydrogens (tertiary/aromatic N) is 1. The van der Waals surface area contributed by atoms with E-state index in [1.807, 2.05) is 0 Å². The molecule has 0 aliphatic heterocycles. The van der Waals surface area contributed by atoms with Gasteiger partial charge in [-0.1, -0.05) is 5.16 Å². The van der Waals surface area contributed by atoms with Crippen molar-refractivity contribution in [2.75, 3.05) is 19.1 Å². The highest BCUT2D eigenvalue weighted by atomic mass is 32.2. The van der Waals surface area contributed by atoms with E-state index in [-0.39, 0.29) is 5.71 Å². The van der Waals surface area contributed by atoms with Crippen molar-refractivity contribution >= 4 is 23.4 Å². The molecule has 58 valence electrons. The van der Waals surface area contributed by atoms with Gasteiger partial charge in [-0.2, -0.15) is 11.8 Å². The number of oxime groups is 1. The molecule has 0 aromatic rings. The minimum absolute atomic E-state index is 0.0370. The van der Waals surface area contributed by atoms with Crippen molar-refractivity contribution in [1.29, 1.82) is 0 Å². The molecule has 0 amide bonds. The van der Waals surface area contributed by atoms with E-state index in [9.17, 15) is 4.79 Å². The SMILES string of the molecule is CO/N=C(/CSC)C(=O)O. The number of hydrogen-bond donors (Lipinski definition) is 1. The summed E-state index contributed by atoms with van der Waals surface area (Å²) >= 11 is 1.39. The van der Waals surface area contributed by atoms with E-state index >= 15 is 0 Å². The first-order valence-corrected chi connectivity index (χ1v) is 3.94. The number of rotatable bonds is 4. The van der Waals surface area contributed by atoms with Gasteiger partial charge in [-0.3, -0.25) is 0 Å². The molecule has 0 unspecified atom stereocenters. The third-order valence-corrected chi connectivity index (χ3v) is 1.29. The van der Waals surface area contributed by atoms with E-state index in [1.54, 1.807) is 6.26 Å². The summed E-state index contributed by atoms with van der Waals surface area (Å²) < 4.78 is 0. The molecule has 1 N–H and O–H groups in total. The second-order valence-corrected chi connectivity index (χ2v) is 2.32. The van der Waals surface area contributed by atoms with Crippen LogP contribution in [0.4, 0.5) is 0 Å². The summed E-state index contributed by atoms with van der Waals surface area (Å²) in [5, 5.41) is 11.7. The third-order valence-electron chi connectivity index (χ3n) is 0.729. The molecule has 0 radical (unpaired) electrons. The van der Waals surface area contributed by atoms with Crippen LogP contribution >= 0.6 is 11.8 Å². The monoisotopic (exact) mass is 163 g/mol. The Bertz CT molecular complexity index is 146. The van der Waals surface area contributed by atoms with Gasteiger partial charge in [0.1, 0.15) is 7.11 Å². The van der Waals surface area contributed by atoms with Crippen LogP contribution in [-0.2, 0) is 9.63 Å². The molecule has 0 aliphatic carbocycles. The topological polar surface area (TPSA) is 58.9 Å². The maximum Gasteiger partial charge on any atom is 0.354 e.